The van der Waals surface area contributed by atoms with E-state index in [1.54, 1.807) is 11.9 Å². The van der Waals surface area contributed by atoms with Gasteiger partial charge in [-0.2, -0.15) is 0 Å². The van der Waals surface area contributed by atoms with Crippen molar-refractivity contribution in [3.8, 4) is 0 Å². The van der Waals surface area contributed by atoms with E-state index in [1.807, 2.05) is 0 Å². The summed E-state index contributed by atoms with van der Waals surface area (Å²) in [6.07, 6.45) is 5.47. The van der Waals surface area contributed by atoms with Gasteiger partial charge in [0.2, 0.25) is 0 Å². The highest BCUT2D eigenvalue weighted by Gasteiger charge is 2.28. The molecule has 0 aromatic rings. The molecule has 0 spiro atoms. The van der Waals surface area contributed by atoms with Crippen LogP contribution in [0.2, 0.25) is 0 Å². The number of carbonyl (C=O) groups excluding carboxylic acids is 1. The number of unbranched alkanes of at least 4 members (excludes halogenated alkanes) is 2. The molecule has 2 unspecified atom stereocenters. The minimum absolute atomic E-state index is 0.0303. The molecular formula is C14H26N2O4. The van der Waals surface area contributed by atoms with E-state index >= 15 is 0 Å². The number of rotatable bonds is 7. The van der Waals surface area contributed by atoms with Crippen LogP contribution in [0, 0.1) is 5.92 Å². The number of carboxylic acids is 1. The summed E-state index contributed by atoms with van der Waals surface area (Å²) in [5.74, 6) is -1.09. The van der Waals surface area contributed by atoms with Gasteiger partial charge in [0.05, 0.1) is 5.92 Å². The van der Waals surface area contributed by atoms with Crippen molar-refractivity contribution in [3.05, 3.63) is 0 Å². The van der Waals surface area contributed by atoms with Gasteiger partial charge in [0.15, 0.2) is 0 Å². The van der Waals surface area contributed by atoms with E-state index in [-0.39, 0.29) is 24.6 Å². The molecular weight excluding hydrogens is 260 g/mol. The Labute approximate surface area is 120 Å². The standard InChI is InChI=1S/C14H26N2O4/c1-16(8-3-2-4-9-17)14(20)15-12-7-5-6-11(10-12)13(18)19/h11-12,17H,2-10H2,1H3,(H,15,20)(H,18,19). The Morgan fingerprint density at radius 1 is 1.25 bits per heavy atom. The van der Waals surface area contributed by atoms with Crippen LogP contribution in [-0.2, 0) is 4.79 Å². The molecule has 116 valence electrons. The molecule has 0 saturated heterocycles. The van der Waals surface area contributed by atoms with E-state index < -0.39 is 5.97 Å². The van der Waals surface area contributed by atoms with Gasteiger partial charge >= 0.3 is 12.0 Å². The Bertz CT molecular complexity index is 322. The first kappa shape index (κ1) is 16.8. The largest absolute Gasteiger partial charge is 0.481 e. The zero-order valence-electron chi connectivity index (χ0n) is 12.2. The quantitative estimate of drug-likeness (QED) is 0.618. The van der Waals surface area contributed by atoms with Gasteiger partial charge < -0.3 is 20.4 Å². The fraction of sp³-hybridized carbons (Fsp3) is 0.857. The van der Waals surface area contributed by atoms with E-state index in [9.17, 15) is 9.59 Å². The van der Waals surface area contributed by atoms with Crippen LogP contribution in [0.4, 0.5) is 4.79 Å². The molecule has 6 nitrogen and oxygen atoms in total. The molecule has 0 aromatic heterocycles. The number of aliphatic hydroxyl groups excluding tert-OH is 1. The zero-order chi connectivity index (χ0) is 15.0. The SMILES string of the molecule is CN(CCCCCO)C(=O)NC1CCCC(C(=O)O)C1. The number of carboxylic acid groups (broad SMARTS) is 1. The molecule has 6 heteroatoms. The second kappa shape index (κ2) is 8.79. The van der Waals surface area contributed by atoms with Crippen LogP contribution < -0.4 is 5.32 Å². The van der Waals surface area contributed by atoms with Gasteiger partial charge in [-0.3, -0.25) is 4.79 Å². The van der Waals surface area contributed by atoms with Gasteiger partial charge in [0.1, 0.15) is 0 Å². The maximum atomic E-state index is 12.0. The Morgan fingerprint density at radius 3 is 2.65 bits per heavy atom. The predicted molar refractivity (Wildman–Crippen MR) is 75.5 cm³/mol. The Morgan fingerprint density at radius 2 is 2.00 bits per heavy atom. The van der Waals surface area contributed by atoms with Gasteiger partial charge in [0.25, 0.3) is 0 Å². The third kappa shape index (κ3) is 5.77. The summed E-state index contributed by atoms with van der Waals surface area (Å²) < 4.78 is 0. The molecule has 0 heterocycles. The number of urea groups is 1. The van der Waals surface area contributed by atoms with Gasteiger partial charge in [-0.15, -0.1) is 0 Å². The molecule has 1 aliphatic carbocycles. The maximum Gasteiger partial charge on any atom is 0.317 e. The molecule has 0 aliphatic heterocycles. The van der Waals surface area contributed by atoms with Crippen molar-refractivity contribution in [3.63, 3.8) is 0 Å². The zero-order valence-corrected chi connectivity index (χ0v) is 12.2. The van der Waals surface area contributed by atoms with Crippen LogP contribution >= 0.6 is 0 Å². The number of aliphatic carboxylic acids is 1. The average molecular weight is 286 g/mol. The highest BCUT2D eigenvalue weighted by molar-refractivity contribution is 5.74. The summed E-state index contributed by atoms with van der Waals surface area (Å²) in [7, 11) is 1.74. The number of hydrogen-bond donors (Lipinski definition) is 3. The van der Waals surface area contributed by atoms with Crippen LogP contribution in [0.5, 0.6) is 0 Å². The van der Waals surface area contributed by atoms with Crippen molar-refractivity contribution in [2.24, 2.45) is 5.92 Å². The number of nitrogens with one attached hydrogen (secondary N) is 1. The monoisotopic (exact) mass is 286 g/mol. The molecule has 1 saturated carbocycles. The topological polar surface area (TPSA) is 89.9 Å². The number of amides is 2. The summed E-state index contributed by atoms with van der Waals surface area (Å²) in [4.78, 5) is 24.6. The summed E-state index contributed by atoms with van der Waals surface area (Å²) in [5, 5.41) is 20.6. The second-order valence-electron chi connectivity index (χ2n) is 5.55. The van der Waals surface area contributed by atoms with E-state index in [0.29, 0.717) is 19.4 Å². The molecule has 0 radical (unpaired) electrons. The van der Waals surface area contributed by atoms with Crippen molar-refractivity contribution in [1.82, 2.24) is 10.2 Å². The minimum Gasteiger partial charge on any atom is -0.481 e. The molecule has 0 bridgehead atoms. The summed E-state index contributed by atoms with van der Waals surface area (Å²) in [5.41, 5.74) is 0. The normalized spacial score (nSPS) is 22.3. The van der Waals surface area contributed by atoms with Crippen molar-refractivity contribution in [2.45, 2.75) is 51.0 Å². The van der Waals surface area contributed by atoms with Crippen molar-refractivity contribution >= 4 is 12.0 Å². The first-order valence-corrected chi connectivity index (χ1v) is 7.40. The molecule has 1 aliphatic rings. The molecule has 20 heavy (non-hydrogen) atoms. The lowest BCUT2D eigenvalue weighted by atomic mass is 9.86. The number of aliphatic hydroxyl groups is 1. The van der Waals surface area contributed by atoms with E-state index in [4.69, 9.17) is 10.2 Å². The van der Waals surface area contributed by atoms with Crippen LogP contribution in [0.1, 0.15) is 44.9 Å². The lowest BCUT2D eigenvalue weighted by molar-refractivity contribution is -0.143. The third-order valence-electron chi connectivity index (χ3n) is 3.85. The van der Waals surface area contributed by atoms with Gasteiger partial charge in [-0.05, 0) is 38.5 Å². The van der Waals surface area contributed by atoms with Crippen molar-refractivity contribution < 1.29 is 19.8 Å². The van der Waals surface area contributed by atoms with E-state index in [1.165, 1.54) is 0 Å². The molecule has 2 atom stereocenters. The predicted octanol–water partition coefficient (Wildman–Crippen LogP) is 1.43. The van der Waals surface area contributed by atoms with E-state index in [0.717, 1.165) is 32.1 Å². The highest BCUT2D eigenvalue weighted by Crippen LogP contribution is 2.24. The number of hydrogen-bond acceptors (Lipinski definition) is 3. The van der Waals surface area contributed by atoms with Crippen LogP contribution in [0.3, 0.4) is 0 Å². The molecule has 3 N–H and O–H groups in total. The first-order valence-electron chi connectivity index (χ1n) is 7.40. The molecule has 0 aromatic carbocycles. The third-order valence-corrected chi connectivity index (χ3v) is 3.85. The molecule has 1 rings (SSSR count). The van der Waals surface area contributed by atoms with Crippen molar-refractivity contribution in [1.29, 1.82) is 0 Å². The van der Waals surface area contributed by atoms with Crippen molar-refractivity contribution in [2.75, 3.05) is 20.2 Å². The van der Waals surface area contributed by atoms with Gasteiger partial charge in [0, 0.05) is 26.2 Å². The Hall–Kier alpha value is -1.30. The summed E-state index contributed by atoms with van der Waals surface area (Å²) >= 11 is 0. The number of nitrogens with zero attached hydrogens (tertiary/aromatic N) is 1. The van der Waals surface area contributed by atoms with Crippen LogP contribution in [0.25, 0.3) is 0 Å². The lowest BCUT2D eigenvalue weighted by Crippen LogP contribution is -2.45. The number of carbonyl (C=O) groups is 2. The summed E-state index contributed by atoms with van der Waals surface area (Å²) in [6, 6.07) is -0.165. The fourth-order valence-corrected chi connectivity index (χ4v) is 2.57. The fourth-order valence-electron chi connectivity index (χ4n) is 2.57. The van der Waals surface area contributed by atoms with Crippen LogP contribution in [-0.4, -0.2) is 53.4 Å². The lowest BCUT2D eigenvalue weighted by Gasteiger charge is -2.29. The Balaban J connectivity index is 2.28. The first-order chi connectivity index (χ1) is 9.54. The second-order valence-corrected chi connectivity index (χ2v) is 5.55. The average Bonchev–Trinajstić information content (AvgIpc) is 2.43. The van der Waals surface area contributed by atoms with Gasteiger partial charge in [-0.25, -0.2) is 4.79 Å². The van der Waals surface area contributed by atoms with Gasteiger partial charge in [-0.1, -0.05) is 6.42 Å². The Kier molecular flexibility index (Phi) is 7.36. The van der Waals surface area contributed by atoms with Crippen LogP contribution in [0.15, 0.2) is 0 Å². The van der Waals surface area contributed by atoms with E-state index in [2.05, 4.69) is 5.32 Å². The molecule has 1 fully saturated rings. The maximum absolute atomic E-state index is 12.0. The minimum atomic E-state index is -0.763. The smallest absolute Gasteiger partial charge is 0.317 e. The highest BCUT2D eigenvalue weighted by atomic mass is 16.4. The summed E-state index contributed by atoms with van der Waals surface area (Å²) in [6.45, 7) is 0.843. The molecule has 2 amide bonds.